The van der Waals surface area contributed by atoms with E-state index in [1.807, 2.05) is 54.5 Å². The third-order valence-electron chi connectivity index (χ3n) is 3.50. The Morgan fingerprint density at radius 1 is 1.13 bits per heavy atom. The van der Waals surface area contributed by atoms with Crippen LogP contribution in [-0.4, -0.2) is 18.9 Å². The predicted octanol–water partition coefficient (Wildman–Crippen LogP) is 4.42. The Hall–Kier alpha value is -1.84. The van der Waals surface area contributed by atoms with Gasteiger partial charge in [-0.3, -0.25) is 9.59 Å². The van der Waals surface area contributed by atoms with Crippen LogP contribution in [0.1, 0.15) is 76.9 Å². The van der Waals surface area contributed by atoms with Crippen LogP contribution in [0.2, 0.25) is 0 Å². The molecule has 0 saturated carbocycles. The molecule has 1 aromatic carbocycles. The van der Waals surface area contributed by atoms with E-state index in [9.17, 15) is 9.59 Å². The molecule has 0 spiro atoms. The van der Waals surface area contributed by atoms with Crippen LogP contribution < -0.4 is 9.47 Å². The van der Waals surface area contributed by atoms with Crippen molar-refractivity contribution >= 4 is 12.3 Å². The number of benzene rings is 1. The summed E-state index contributed by atoms with van der Waals surface area (Å²) in [5.74, 6) is 0.610. The van der Waals surface area contributed by atoms with Crippen LogP contribution in [0.4, 0.5) is 0 Å². The van der Waals surface area contributed by atoms with Crippen molar-refractivity contribution in [2.24, 2.45) is 0 Å². The number of carbonyl (C=O) groups is 2. The molecule has 0 radical (unpaired) electrons. The van der Waals surface area contributed by atoms with Gasteiger partial charge in [-0.1, -0.05) is 41.5 Å². The van der Waals surface area contributed by atoms with Crippen molar-refractivity contribution in [1.82, 2.24) is 0 Å². The van der Waals surface area contributed by atoms with E-state index in [-0.39, 0.29) is 10.8 Å². The molecule has 0 aliphatic rings. The molecule has 0 bridgehead atoms. The van der Waals surface area contributed by atoms with Gasteiger partial charge in [0.2, 0.25) is 0 Å². The van der Waals surface area contributed by atoms with Crippen molar-refractivity contribution in [2.75, 3.05) is 6.61 Å². The molecule has 0 N–H and O–H groups in total. The smallest absolute Gasteiger partial charge is 0.308 e. The molecule has 0 aliphatic carbocycles. The fourth-order valence-corrected chi connectivity index (χ4v) is 2.60. The minimum Gasteiger partial charge on any atom is -0.493 e. The SMILES string of the molecule is CCOc1cc(C(C)(C)C)c(OC(C)=O)c(C(C)(C)C)c1C=O. The molecular weight excluding hydrogens is 292 g/mol. The summed E-state index contributed by atoms with van der Waals surface area (Å²) in [5, 5.41) is 0. The van der Waals surface area contributed by atoms with Gasteiger partial charge in [0.05, 0.1) is 12.2 Å². The highest BCUT2D eigenvalue weighted by Gasteiger charge is 2.32. The van der Waals surface area contributed by atoms with Crippen molar-refractivity contribution in [3.05, 3.63) is 22.8 Å². The molecule has 23 heavy (non-hydrogen) atoms. The third kappa shape index (κ3) is 4.34. The first-order valence-electron chi connectivity index (χ1n) is 7.91. The largest absolute Gasteiger partial charge is 0.493 e. The number of aldehydes is 1. The summed E-state index contributed by atoms with van der Waals surface area (Å²) in [6, 6.07) is 1.82. The summed E-state index contributed by atoms with van der Waals surface area (Å²) >= 11 is 0. The van der Waals surface area contributed by atoms with E-state index in [1.54, 1.807) is 0 Å². The third-order valence-corrected chi connectivity index (χ3v) is 3.50. The number of hydrogen-bond acceptors (Lipinski definition) is 4. The zero-order valence-electron chi connectivity index (χ0n) is 15.5. The van der Waals surface area contributed by atoms with E-state index in [0.717, 1.165) is 11.8 Å². The average molecular weight is 320 g/mol. The second-order valence-corrected chi connectivity index (χ2v) is 7.68. The Morgan fingerprint density at radius 2 is 1.70 bits per heavy atom. The molecule has 4 heteroatoms. The zero-order valence-corrected chi connectivity index (χ0v) is 15.5. The molecule has 0 aromatic heterocycles. The lowest BCUT2D eigenvalue weighted by Gasteiger charge is -2.31. The molecule has 0 saturated heterocycles. The van der Waals surface area contributed by atoms with Gasteiger partial charge in [0.15, 0.2) is 6.29 Å². The van der Waals surface area contributed by atoms with E-state index >= 15 is 0 Å². The highest BCUT2D eigenvalue weighted by molar-refractivity contribution is 5.86. The van der Waals surface area contributed by atoms with Crippen LogP contribution in [0.15, 0.2) is 6.07 Å². The second kappa shape index (κ2) is 6.73. The molecule has 1 rings (SSSR count). The maximum atomic E-state index is 11.7. The van der Waals surface area contributed by atoms with Gasteiger partial charge in [-0.15, -0.1) is 0 Å². The number of carbonyl (C=O) groups excluding carboxylic acids is 2. The van der Waals surface area contributed by atoms with E-state index < -0.39 is 5.97 Å². The Balaban J connectivity index is 3.94. The molecule has 0 fully saturated rings. The molecular formula is C19H28O4. The minimum atomic E-state index is -0.401. The normalized spacial score (nSPS) is 12.0. The molecule has 4 nitrogen and oxygen atoms in total. The topological polar surface area (TPSA) is 52.6 Å². The van der Waals surface area contributed by atoms with Crippen molar-refractivity contribution in [1.29, 1.82) is 0 Å². The lowest BCUT2D eigenvalue weighted by Crippen LogP contribution is -2.23. The molecule has 0 amide bonds. The lowest BCUT2D eigenvalue weighted by atomic mass is 9.77. The Kier molecular flexibility index (Phi) is 5.62. The van der Waals surface area contributed by atoms with Crippen molar-refractivity contribution in [2.45, 2.75) is 66.2 Å². The summed E-state index contributed by atoms with van der Waals surface area (Å²) in [4.78, 5) is 23.4. The van der Waals surface area contributed by atoms with E-state index in [0.29, 0.717) is 29.2 Å². The summed E-state index contributed by atoms with van der Waals surface area (Å²) in [6.45, 7) is 15.8. The van der Waals surface area contributed by atoms with Gasteiger partial charge in [-0.25, -0.2) is 0 Å². The lowest BCUT2D eigenvalue weighted by molar-refractivity contribution is -0.132. The second-order valence-electron chi connectivity index (χ2n) is 7.68. The van der Waals surface area contributed by atoms with Gasteiger partial charge in [-0.2, -0.15) is 0 Å². The van der Waals surface area contributed by atoms with Crippen molar-refractivity contribution < 1.29 is 19.1 Å². The zero-order chi connectivity index (χ0) is 18.0. The van der Waals surface area contributed by atoms with Crippen LogP contribution in [0.3, 0.4) is 0 Å². The molecule has 0 aliphatic heterocycles. The highest BCUT2D eigenvalue weighted by Crippen LogP contribution is 2.45. The van der Waals surface area contributed by atoms with Crippen molar-refractivity contribution in [3.63, 3.8) is 0 Å². The van der Waals surface area contributed by atoms with Crippen LogP contribution in [0, 0.1) is 0 Å². The maximum absolute atomic E-state index is 11.7. The molecule has 128 valence electrons. The summed E-state index contributed by atoms with van der Waals surface area (Å²) in [7, 11) is 0. The highest BCUT2D eigenvalue weighted by atomic mass is 16.5. The number of esters is 1. The van der Waals surface area contributed by atoms with Gasteiger partial charge >= 0.3 is 5.97 Å². The fraction of sp³-hybridized carbons (Fsp3) is 0.579. The number of hydrogen-bond donors (Lipinski definition) is 0. The Morgan fingerprint density at radius 3 is 2.04 bits per heavy atom. The quantitative estimate of drug-likeness (QED) is 0.468. The van der Waals surface area contributed by atoms with Gasteiger partial charge in [0.25, 0.3) is 0 Å². The van der Waals surface area contributed by atoms with E-state index in [1.165, 1.54) is 6.92 Å². The van der Waals surface area contributed by atoms with Crippen LogP contribution in [-0.2, 0) is 15.6 Å². The minimum absolute atomic E-state index is 0.266. The van der Waals surface area contributed by atoms with Crippen molar-refractivity contribution in [3.8, 4) is 11.5 Å². The van der Waals surface area contributed by atoms with Crippen LogP contribution in [0.25, 0.3) is 0 Å². The number of ether oxygens (including phenoxy) is 2. The first-order chi connectivity index (χ1) is 10.4. The summed E-state index contributed by atoms with van der Waals surface area (Å²) < 4.78 is 11.2. The standard InChI is InChI=1S/C19H28O4/c1-9-22-15-10-14(18(3,4)5)17(23-12(2)21)16(13(15)11-20)19(6,7)8/h10-11H,9H2,1-8H3. The van der Waals surface area contributed by atoms with Crippen LogP contribution in [0.5, 0.6) is 11.5 Å². The van der Waals surface area contributed by atoms with Gasteiger partial charge in [0, 0.05) is 18.1 Å². The van der Waals surface area contributed by atoms with E-state index in [4.69, 9.17) is 9.47 Å². The summed E-state index contributed by atoms with van der Waals surface area (Å²) in [5.41, 5.74) is 1.36. The molecule has 0 heterocycles. The predicted molar refractivity (Wildman–Crippen MR) is 91.7 cm³/mol. The first kappa shape index (κ1) is 19.2. The monoisotopic (exact) mass is 320 g/mol. The molecule has 0 unspecified atom stereocenters. The molecule has 1 aromatic rings. The van der Waals surface area contributed by atoms with E-state index in [2.05, 4.69) is 0 Å². The first-order valence-corrected chi connectivity index (χ1v) is 7.91. The Labute approximate surface area is 139 Å². The average Bonchev–Trinajstić information content (AvgIpc) is 2.36. The molecule has 0 atom stereocenters. The van der Waals surface area contributed by atoms with Gasteiger partial charge in [0.1, 0.15) is 11.5 Å². The fourth-order valence-electron chi connectivity index (χ4n) is 2.60. The van der Waals surface area contributed by atoms with Gasteiger partial charge in [-0.05, 0) is 23.8 Å². The summed E-state index contributed by atoms with van der Waals surface area (Å²) in [6.07, 6.45) is 0.783. The van der Waals surface area contributed by atoms with Crippen LogP contribution >= 0.6 is 0 Å². The Bertz CT molecular complexity index is 601. The van der Waals surface area contributed by atoms with Gasteiger partial charge < -0.3 is 9.47 Å². The number of rotatable bonds is 4. The maximum Gasteiger partial charge on any atom is 0.308 e.